The molecule has 7 nitrogen and oxygen atoms in total. The van der Waals surface area contributed by atoms with E-state index < -0.39 is 5.91 Å². The van der Waals surface area contributed by atoms with Crippen molar-refractivity contribution in [2.45, 2.75) is 25.7 Å². The maximum atomic E-state index is 12.8. The lowest BCUT2D eigenvalue weighted by Crippen LogP contribution is -2.31. The normalized spacial score (nSPS) is 16.2. The fourth-order valence-corrected chi connectivity index (χ4v) is 5.10. The third kappa shape index (κ3) is 5.51. The van der Waals surface area contributed by atoms with E-state index in [4.69, 9.17) is 16.3 Å². The zero-order valence-electron chi connectivity index (χ0n) is 19.4. The van der Waals surface area contributed by atoms with E-state index in [2.05, 4.69) is 67.5 Å². The molecule has 34 heavy (non-hydrogen) atoms. The first-order valence-corrected chi connectivity index (χ1v) is 12.3. The average Bonchev–Trinajstić information content (AvgIpc) is 2.81. The quantitative estimate of drug-likeness (QED) is 0.395. The summed E-state index contributed by atoms with van der Waals surface area (Å²) in [5.74, 6) is 0.642. The molecular weight excluding hydrogens is 518 g/mol. The molecule has 1 amide bonds. The smallest absolute Gasteiger partial charge is 0.262 e. The number of piperidine rings is 1. The minimum atomic E-state index is -0.421. The van der Waals surface area contributed by atoms with Gasteiger partial charge in [-0.3, -0.25) is 4.79 Å². The maximum Gasteiger partial charge on any atom is 0.262 e. The fraction of sp³-hybridized carbons (Fsp3) is 0.320. The van der Waals surface area contributed by atoms with E-state index in [1.165, 1.54) is 37.3 Å². The molecule has 1 aromatic heterocycles. The number of aryl methyl sites for hydroxylation is 1. The highest BCUT2D eigenvalue weighted by molar-refractivity contribution is 9.10. The lowest BCUT2D eigenvalue weighted by molar-refractivity contribution is 0.102. The summed E-state index contributed by atoms with van der Waals surface area (Å²) in [4.78, 5) is 24.0. The van der Waals surface area contributed by atoms with E-state index in [1.807, 2.05) is 6.07 Å². The number of rotatable bonds is 6. The predicted octanol–water partition coefficient (Wildman–Crippen LogP) is 6.01. The molecule has 0 spiro atoms. The second kappa shape index (κ2) is 10.7. The third-order valence-corrected chi connectivity index (χ3v) is 6.96. The molecule has 2 heterocycles. The van der Waals surface area contributed by atoms with Crippen molar-refractivity contribution in [2.24, 2.45) is 0 Å². The number of para-hydroxylation sites is 1. The van der Waals surface area contributed by atoms with E-state index in [9.17, 15) is 4.79 Å². The van der Waals surface area contributed by atoms with Gasteiger partial charge in [-0.25, -0.2) is 4.98 Å². The van der Waals surface area contributed by atoms with Gasteiger partial charge in [-0.2, -0.15) is 4.98 Å². The van der Waals surface area contributed by atoms with Crippen molar-refractivity contribution in [2.75, 3.05) is 37.9 Å². The standard InChI is InChI=1S/C25H27BrClN5O2/c1-15-12-17(9-10-18(15)16-6-5-11-32(2)14-16)29-25-28-13-19(24(31-25)34-3)23(33)30-22-20(26)7-4-8-21(22)27/h4,7-10,12-13,16H,5-6,11,14H2,1-3H3,(H,30,33)(H,28,29,31). The van der Waals surface area contributed by atoms with Gasteiger partial charge in [0, 0.05) is 22.9 Å². The van der Waals surface area contributed by atoms with Gasteiger partial charge < -0.3 is 20.3 Å². The molecular formula is C25H27BrClN5O2. The molecule has 1 aliphatic heterocycles. The number of methoxy groups -OCH3 is 1. The van der Waals surface area contributed by atoms with E-state index in [0.717, 1.165) is 18.8 Å². The Labute approximate surface area is 213 Å². The molecule has 0 radical (unpaired) electrons. The van der Waals surface area contributed by atoms with E-state index in [0.29, 0.717) is 27.0 Å². The van der Waals surface area contributed by atoms with Crippen molar-refractivity contribution in [3.8, 4) is 5.88 Å². The molecule has 1 fully saturated rings. The van der Waals surface area contributed by atoms with Crippen LogP contribution >= 0.6 is 27.5 Å². The van der Waals surface area contributed by atoms with Gasteiger partial charge in [-0.1, -0.05) is 23.7 Å². The highest BCUT2D eigenvalue weighted by atomic mass is 79.9. The summed E-state index contributed by atoms with van der Waals surface area (Å²) in [5.41, 5.74) is 4.17. The molecule has 1 saturated heterocycles. The molecule has 2 N–H and O–H groups in total. The van der Waals surface area contributed by atoms with Gasteiger partial charge in [0.05, 0.1) is 17.8 Å². The molecule has 2 aromatic carbocycles. The number of carbonyl (C=O) groups excluding carboxylic acids is 1. The Morgan fingerprint density at radius 3 is 2.82 bits per heavy atom. The van der Waals surface area contributed by atoms with Crippen LogP contribution in [0.15, 0.2) is 47.1 Å². The van der Waals surface area contributed by atoms with Crippen molar-refractivity contribution >= 4 is 50.8 Å². The summed E-state index contributed by atoms with van der Waals surface area (Å²) in [5, 5.41) is 6.42. The van der Waals surface area contributed by atoms with E-state index in [1.54, 1.807) is 18.2 Å². The van der Waals surface area contributed by atoms with Crippen LogP contribution in [0.5, 0.6) is 5.88 Å². The summed E-state index contributed by atoms with van der Waals surface area (Å²) < 4.78 is 6.05. The first kappa shape index (κ1) is 24.4. The Balaban J connectivity index is 1.50. The number of nitrogens with one attached hydrogen (secondary N) is 2. The molecule has 0 saturated carbocycles. The Kier molecular flexibility index (Phi) is 7.70. The molecule has 1 unspecified atom stereocenters. The van der Waals surface area contributed by atoms with Crippen LogP contribution in [0.3, 0.4) is 0 Å². The predicted molar refractivity (Wildman–Crippen MR) is 140 cm³/mol. The summed E-state index contributed by atoms with van der Waals surface area (Å²) in [7, 11) is 3.65. The van der Waals surface area contributed by atoms with Crippen molar-refractivity contribution in [1.82, 2.24) is 14.9 Å². The van der Waals surface area contributed by atoms with Crippen molar-refractivity contribution in [1.29, 1.82) is 0 Å². The second-order valence-corrected chi connectivity index (χ2v) is 9.73. The first-order chi connectivity index (χ1) is 16.4. The topological polar surface area (TPSA) is 79.4 Å². The lowest BCUT2D eigenvalue weighted by atomic mass is 9.88. The van der Waals surface area contributed by atoms with Crippen LogP contribution in [0.1, 0.15) is 40.2 Å². The van der Waals surface area contributed by atoms with Crippen LogP contribution < -0.4 is 15.4 Å². The Morgan fingerprint density at radius 1 is 1.29 bits per heavy atom. The van der Waals surface area contributed by atoms with Gasteiger partial charge in [0.15, 0.2) is 0 Å². The zero-order chi connectivity index (χ0) is 24.2. The molecule has 4 rings (SSSR count). The summed E-state index contributed by atoms with van der Waals surface area (Å²) >= 11 is 9.61. The Morgan fingerprint density at radius 2 is 2.12 bits per heavy atom. The number of halogens is 2. The number of likely N-dealkylation sites (N-methyl/N-ethyl adjacent to an activating group) is 1. The van der Waals surface area contributed by atoms with Crippen LogP contribution in [-0.2, 0) is 0 Å². The maximum absolute atomic E-state index is 12.8. The summed E-state index contributed by atoms with van der Waals surface area (Å²) in [6, 6.07) is 11.6. The first-order valence-electron chi connectivity index (χ1n) is 11.1. The zero-order valence-corrected chi connectivity index (χ0v) is 21.7. The summed E-state index contributed by atoms with van der Waals surface area (Å²) in [6.07, 6.45) is 3.88. The van der Waals surface area contributed by atoms with Gasteiger partial charge in [0.1, 0.15) is 5.56 Å². The van der Waals surface area contributed by atoms with Crippen LogP contribution in [0.2, 0.25) is 5.02 Å². The Hall–Kier alpha value is -2.68. The molecule has 1 aliphatic rings. The number of nitrogens with zero attached hydrogens (tertiary/aromatic N) is 3. The van der Waals surface area contributed by atoms with Crippen molar-refractivity contribution < 1.29 is 9.53 Å². The molecule has 0 aliphatic carbocycles. The molecule has 178 valence electrons. The SMILES string of the molecule is COc1nc(Nc2ccc(C3CCCN(C)C3)c(C)c2)ncc1C(=O)Nc1c(Cl)cccc1Br. The van der Waals surface area contributed by atoms with Gasteiger partial charge in [-0.15, -0.1) is 0 Å². The number of aromatic nitrogens is 2. The second-order valence-electron chi connectivity index (χ2n) is 8.47. The number of anilines is 3. The van der Waals surface area contributed by atoms with Gasteiger partial charge in [-0.05, 0) is 90.6 Å². The van der Waals surface area contributed by atoms with Gasteiger partial charge in [0.25, 0.3) is 5.91 Å². The van der Waals surface area contributed by atoms with E-state index in [-0.39, 0.29) is 11.4 Å². The number of benzene rings is 2. The van der Waals surface area contributed by atoms with Crippen LogP contribution in [0, 0.1) is 6.92 Å². The molecule has 3 aromatic rings. The monoisotopic (exact) mass is 543 g/mol. The highest BCUT2D eigenvalue weighted by Crippen LogP contribution is 2.32. The van der Waals surface area contributed by atoms with Gasteiger partial charge in [0.2, 0.25) is 11.8 Å². The number of hydrogen-bond acceptors (Lipinski definition) is 6. The number of hydrogen-bond donors (Lipinski definition) is 2. The van der Waals surface area contributed by atoms with Crippen molar-refractivity contribution in [3.63, 3.8) is 0 Å². The fourth-order valence-electron chi connectivity index (χ4n) is 4.30. The van der Waals surface area contributed by atoms with Gasteiger partial charge >= 0.3 is 0 Å². The highest BCUT2D eigenvalue weighted by Gasteiger charge is 2.21. The molecule has 1 atom stereocenters. The molecule has 0 bridgehead atoms. The summed E-state index contributed by atoms with van der Waals surface area (Å²) in [6.45, 7) is 4.39. The van der Waals surface area contributed by atoms with Crippen molar-refractivity contribution in [3.05, 3.63) is 68.8 Å². The van der Waals surface area contributed by atoms with Crippen LogP contribution in [-0.4, -0.2) is 48.0 Å². The number of carbonyl (C=O) groups is 1. The molecule has 9 heteroatoms. The lowest BCUT2D eigenvalue weighted by Gasteiger charge is -2.31. The number of ether oxygens (including phenoxy) is 1. The number of amides is 1. The minimum Gasteiger partial charge on any atom is -0.480 e. The van der Waals surface area contributed by atoms with Crippen LogP contribution in [0.25, 0.3) is 0 Å². The Bertz CT molecular complexity index is 1190. The van der Waals surface area contributed by atoms with Crippen LogP contribution in [0.4, 0.5) is 17.3 Å². The number of likely N-dealkylation sites (tertiary alicyclic amines) is 1. The minimum absolute atomic E-state index is 0.164. The van der Waals surface area contributed by atoms with E-state index >= 15 is 0 Å². The third-order valence-electron chi connectivity index (χ3n) is 5.98. The largest absolute Gasteiger partial charge is 0.480 e. The average molecular weight is 545 g/mol.